The summed E-state index contributed by atoms with van der Waals surface area (Å²) in [4.78, 5) is 17.3. The molecule has 1 amide bonds. The predicted molar refractivity (Wildman–Crippen MR) is 87.0 cm³/mol. The van der Waals surface area contributed by atoms with Crippen molar-refractivity contribution in [3.63, 3.8) is 0 Å². The van der Waals surface area contributed by atoms with E-state index in [4.69, 9.17) is 11.6 Å². The Labute approximate surface area is 131 Å². The van der Waals surface area contributed by atoms with Gasteiger partial charge in [0, 0.05) is 22.3 Å². The number of thiophene rings is 1. The number of halogens is 1. The number of carbonyl (C=O) groups is 1. The lowest BCUT2D eigenvalue weighted by molar-refractivity contribution is 0.102. The van der Waals surface area contributed by atoms with Crippen LogP contribution < -0.4 is 5.32 Å². The van der Waals surface area contributed by atoms with Crippen LogP contribution in [0, 0.1) is 0 Å². The quantitative estimate of drug-likeness (QED) is 0.711. The molecule has 0 aliphatic rings. The Kier molecular flexibility index (Phi) is 3.99. The fourth-order valence-corrected chi connectivity index (χ4v) is 2.95. The van der Waals surface area contributed by atoms with Gasteiger partial charge in [-0.1, -0.05) is 35.9 Å². The highest BCUT2D eigenvalue weighted by atomic mass is 35.5. The van der Waals surface area contributed by atoms with E-state index in [-0.39, 0.29) is 11.1 Å². The third-order valence-electron chi connectivity index (χ3n) is 2.97. The summed E-state index contributed by atoms with van der Waals surface area (Å²) in [6, 6.07) is 15.0. The van der Waals surface area contributed by atoms with Crippen molar-refractivity contribution in [3.05, 3.63) is 70.8 Å². The zero-order valence-corrected chi connectivity index (χ0v) is 12.5. The van der Waals surface area contributed by atoms with Gasteiger partial charge in [-0.15, -0.1) is 11.3 Å². The second-order valence-corrected chi connectivity index (χ2v) is 5.62. The van der Waals surface area contributed by atoms with Crippen LogP contribution in [0.3, 0.4) is 0 Å². The summed E-state index contributed by atoms with van der Waals surface area (Å²) in [7, 11) is 0. The summed E-state index contributed by atoms with van der Waals surface area (Å²) < 4.78 is 0. The van der Waals surface area contributed by atoms with Crippen molar-refractivity contribution in [2.45, 2.75) is 0 Å². The molecule has 3 aromatic rings. The maximum absolute atomic E-state index is 12.3. The summed E-state index contributed by atoms with van der Waals surface area (Å²) in [6.45, 7) is 0. The Morgan fingerprint density at radius 2 is 1.95 bits per heavy atom. The molecular weight excluding hydrogens is 304 g/mol. The molecule has 0 atom stereocenters. The van der Waals surface area contributed by atoms with Crippen molar-refractivity contribution in [2.75, 3.05) is 5.32 Å². The van der Waals surface area contributed by atoms with Crippen LogP contribution in [0.4, 0.5) is 5.69 Å². The number of hydrogen-bond acceptors (Lipinski definition) is 3. The van der Waals surface area contributed by atoms with E-state index < -0.39 is 0 Å². The number of aromatic nitrogens is 1. The summed E-state index contributed by atoms with van der Waals surface area (Å²) in [5.74, 6) is -0.267. The molecule has 0 bridgehead atoms. The molecule has 5 heteroatoms. The molecular formula is C16H11ClN2OS. The van der Waals surface area contributed by atoms with Crippen LogP contribution in [0.1, 0.15) is 10.4 Å². The monoisotopic (exact) mass is 314 g/mol. The third kappa shape index (κ3) is 2.96. The normalized spacial score (nSPS) is 10.3. The number of rotatable bonds is 3. The molecule has 0 spiro atoms. The zero-order chi connectivity index (χ0) is 14.7. The minimum atomic E-state index is -0.267. The van der Waals surface area contributed by atoms with Gasteiger partial charge in [0.25, 0.3) is 5.91 Å². The molecule has 2 aromatic heterocycles. The summed E-state index contributed by atoms with van der Waals surface area (Å²) in [5.41, 5.74) is 2.10. The van der Waals surface area contributed by atoms with Gasteiger partial charge in [-0.05, 0) is 29.6 Å². The molecule has 104 valence electrons. The van der Waals surface area contributed by atoms with Gasteiger partial charge in [0.2, 0.25) is 0 Å². The Hall–Kier alpha value is -2.17. The zero-order valence-electron chi connectivity index (χ0n) is 10.9. The standard InChI is InChI=1S/C16H11ClN2OS/c17-15-12(6-3-9-18-15)16(20)19-13-7-2-1-5-11(13)14-8-4-10-21-14/h1-10H,(H,19,20). The van der Waals surface area contributed by atoms with E-state index in [1.165, 1.54) is 0 Å². The number of amides is 1. The van der Waals surface area contributed by atoms with E-state index in [2.05, 4.69) is 10.3 Å². The van der Waals surface area contributed by atoms with Crippen LogP contribution in [0.5, 0.6) is 0 Å². The fraction of sp³-hybridized carbons (Fsp3) is 0. The first kappa shape index (κ1) is 13.8. The van der Waals surface area contributed by atoms with Crippen LogP contribution >= 0.6 is 22.9 Å². The van der Waals surface area contributed by atoms with Gasteiger partial charge in [0.15, 0.2) is 0 Å². The number of benzene rings is 1. The van der Waals surface area contributed by atoms with Crippen molar-refractivity contribution in [3.8, 4) is 10.4 Å². The van der Waals surface area contributed by atoms with E-state index in [1.54, 1.807) is 29.7 Å². The topological polar surface area (TPSA) is 42.0 Å². The van der Waals surface area contributed by atoms with Crippen molar-refractivity contribution in [2.24, 2.45) is 0 Å². The van der Waals surface area contributed by atoms with Gasteiger partial charge in [0.1, 0.15) is 5.15 Å². The highest BCUT2D eigenvalue weighted by Crippen LogP contribution is 2.31. The largest absolute Gasteiger partial charge is 0.321 e. The van der Waals surface area contributed by atoms with E-state index in [9.17, 15) is 4.79 Å². The maximum atomic E-state index is 12.3. The Bertz CT molecular complexity index is 771. The fourth-order valence-electron chi connectivity index (χ4n) is 1.98. The Morgan fingerprint density at radius 1 is 1.10 bits per heavy atom. The van der Waals surface area contributed by atoms with E-state index in [0.29, 0.717) is 5.56 Å². The van der Waals surface area contributed by atoms with Gasteiger partial charge in [0.05, 0.1) is 5.56 Å². The summed E-state index contributed by atoms with van der Waals surface area (Å²) >= 11 is 7.58. The predicted octanol–water partition coefficient (Wildman–Crippen LogP) is 4.72. The minimum Gasteiger partial charge on any atom is -0.321 e. The van der Waals surface area contributed by atoms with Gasteiger partial charge in [-0.25, -0.2) is 4.98 Å². The number of nitrogens with one attached hydrogen (secondary N) is 1. The molecule has 1 N–H and O–H groups in total. The second-order valence-electron chi connectivity index (χ2n) is 4.32. The van der Waals surface area contributed by atoms with E-state index >= 15 is 0 Å². The van der Waals surface area contributed by atoms with Gasteiger partial charge < -0.3 is 5.32 Å². The lowest BCUT2D eigenvalue weighted by atomic mass is 10.1. The summed E-state index contributed by atoms with van der Waals surface area (Å²) in [5, 5.41) is 5.10. The smallest absolute Gasteiger partial charge is 0.258 e. The lowest BCUT2D eigenvalue weighted by Crippen LogP contribution is -2.13. The van der Waals surface area contributed by atoms with Crippen LogP contribution in [0.15, 0.2) is 60.1 Å². The van der Waals surface area contributed by atoms with Crippen molar-refractivity contribution in [1.29, 1.82) is 0 Å². The van der Waals surface area contributed by atoms with Crippen molar-refractivity contribution in [1.82, 2.24) is 4.98 Å². The van der Waals surface area contributed by atoms with Gasteiger partial charge in [-0.3, -0.25) is 4.79 Å². The minimum absolute atomic E-state index is 0.198. The molecule has 0 aliphatic heterocycles. The molecule has 0 unspecified atom stereocenters. The van der Waals surface area contributed by atoms with Crippen LogP contribution in [0.25, 0.3) is 10.4 Å². The highest BCUT2D eigenvalue weighted by Gasteiger charge is 2.13. The second kappa shape index (κ2) is 6.08. The molecule has 0 fully saturated rings. The van der Waals surface area contributed by atoms with Crippen molar-refractivity contribution >= 4 is 34.5 Å². The number of para-hydroxylation sites is 1. The van der Waals surface area contributed by atoms with E-state index in [1.807, 2.05) is 41.8 Å². The average molecular weight is 315 g/mol. The molecule has 0 saturated heterocycles. The first-order chi connectivity index (χ1) is 10.3. The molecule has 0 radical (unpaired) electrons. The third-order valence-corrected chi connectivity index (χ3v) is 4.17. The molecule has 1 aromatic carbocycles. The van der Waals surface area contributed by atoms with Crippen LogP contribution in [-0.4, -0.2) is 10.9 Å². The number of pyridine rings is 1. The number of hydrogen-bond donors (Lipinski definition) is 1. The average Bonchev–Trinajstić information content (AvgIpc) is 3.02. The van der Waals surface area contributed by atoms with Gasteiger partial charge in [-0.2, -0.15) is 0 Å². The number of carbonyl (C=O) groups excluding carboxylic acids is 1. The number of nitrogens with zero attached hydrogens (tertiary/aromatic N) is 1. The first-order valence-corrected chi connectivity index (χ1v) is 7.56. The highest BCUT2D eigenvalue weighted by molar-refractivity contribution is 7.13. The Balaban J connectivity index is 1.93. The van der Waals surface area contributed by atoms with E-state index in [0.717, 1.165) is 16.1 Å². The SMILES string of the molecule is O=C(Nc1ccccc1-c1cccs1)c1cccnc1Cl. The Morgan fingerprint density at radius 3 is 2.71 bits per heavy atom. The molecule has 2 heterocycles. The maximum Gasteiger partial charge on any atom is 0.258 e. The molecule has 0 saturated carbocycles. The number of anilines is 1. The first-order valence-electron chi connectivity index (χ1n) is 6.30. The molecule has 3 rings (SSSR count). The van der Waals surface area contributed by atoms with Crippen LogP contribution in [-0.2, 0) is 0 Å². The van der Waals surface area contributed by atoms with Crippen LogP contribution in [0.2, 0.25) is 5.15 Å². The van der Waals surface area contributed by atoms with Gasteiger partial charge >= 0.3 is 0 Å². The lowest BCUT2D eigenvalue weighted by Gasteiger charge is -2.10. The molecule has 3 nitrogen and oxygen atoms in total. The molecule has 21 heavy (non-hydrogen) atoms. The van der Waals surface area contributed by atoms with Crippen molar-refractivity contribution < 1.29 is 4.79 Å². The summed E-state index contributed by atoms with van der Waals surface area (Å²) in [6.07, 6.45) is 1.55. The molecule has 0 aliphatic carbocycles.